The lowest BCUT2D eigenvalue weighted by Gasteiger charge is -2.16. The third kappa shape index (κ3) is 7.93. The first-order chi connectivity index (χ1) is 13.5. The number of nitrogens with one attached hydrogen (secondary N) is 2. The summed E-state index contributed by atoms with van der Waals surface area (Å²) in [7, 11) is 4.41. The van der Waals surface area contributed by atoms with Crippen molar-refractivity contribution in [2.75, 3.05) is 21.1 Å². The highest BCUT2D eigenvalue weighted by atomic mass is 16.2. The van der Waals surface area contributed by atoms with Gasteiger partial charge in [-0.2, -0.15) is 0 Å². The summed E-state index contributed by atoms with van der Waals surface area (Å²) in [5, 5.41) is 12.5. The van der Waals surface area contributed by atoms with Gasteiger partial charge in [0.2, 0.25) is 17.7 Å². The van der Waals surface area contributed by atoms with Crippen LogP contribution in [-0.2, 0) is 20.9 Å². The lowest BCUT2D eigenvalue weighted by Crippen LogP contribution is -2.48. The van der Waals surface area contributed by atoms with Crippen molar-refractivity contribution >= 4 is 17.7 Å². The van der Waals surface area contributed by atoms with Crippen molar-refractivity contribution < 1.29 is 14.4 Å². The Morgan fingerprint density at radius 3 is 2.25 bits per heavy atom. The molecule has 2 rings (SSSR count). The average molecular weight is 392 g/mol. The van der Waals surface area contributed by atoms with E-state index in [1.165, 1.54) is 25.8 Å². The molecular weight excluding hydrogens is 364 g/mol. The summed E-state index contributed by atoms with van der Waals surface area (Å²) >= 11 is 0. The van der Waals surface area contributed by atoms with E-state index in [0.29, 0.717) is 5.69 Å². The first-order valence-electron chi connectivity index (χ1n) is 8.40. The van der Waals surface area contributed by atoms with Crippen molar-refractivity contribution in [1.82, 2.24) is 25.6 Å². The van der Waals surface area contributed by atoms with Crippen LogP contribution in [0, 0.1) is 0 Å². The normalized spacial score (nSPS) is 10.3. The van der Waals surface area contributed by atoms with Crippen molar-refractivity contribution in [2.24, 2.45) is 17.2 Å². The molecule has 0 saturated heterocycles. The molecule has 28 heavy (non-hydrogen) atoms. The van der Waals surface area contributed by atoms with Gasteiger partial charge >= 0.3 is 0 Å². The van der Waals surface area contributed by atoms with Crippen LogP contribution in [0.25, 0.3) is 11.3 Å². The second kappa shape index (κ2) is 13.8. The summed E-state index contributed by atoms with van der Waals surface area (Å²) in [5.74, 6) is -1.66. The van der Waals surface area contributed by atoms with E-state index in [0.717, 1.165) is 5.56 Å². The standard InChI is InChI=1S/C15H18N6O3.2CH5N/c1-17-15(24)11(7-13(16)22)19-14(23)9-21-12(8-18-20-21)10-5-3-2-4-6-10;2*1-2/h2-6,8,11H,7,9H2,1H3,(H2,16,22)(H,17,24)(H,19,23);2*2H2,1H3/t11-;;/m0../s1. The number of primary amides is 1. The zero-order valence-corrected chi connectivity index (χ0v) is 16.3. The fourth-order valence-corrected chi connectivity index (χ4v) is 2.17. The topological polar surface area (TPSA) is 184 Å². The maximum atomic E-state index is 12.2. The van der Waals surface area contributed by atoms with Crippen LogP contribution in [-0.4, -0.2) is 59.9 Å². The summed E-state index contributed by atoms with van der Waals surface area (Å²) in [6, 6.07) is 8.31. The van der Waals surface area contributed by atoms with Crippen molar-refractivity contribution in [3.05, 3.63) is 36.5 Å². The SMILES string of the molecule is CN.CN.CNC(=O)[C@H](CC(N)=O)NC(=O)Cn1nncc1-c1ccccc1. The van der Waals surface area contributed by atoms with E-state index >= 15 is 0 Å². The largest absolute Gasteiger partial charge is 0.370 e. The van der Waals surface area contributed by atoms with Gasteiger partial charge in [-0.25, -0.2) is 4.68 Å². The Morgan fingerprint density at radius 2 is 1.71 bits per heavy atom. The predicted octanol–water partition coefficient (Wildman–Crippen LogP) is -1.80. The van der Waals surface area contributed by atoms with Gasteiger partial charge in [-0.1, -0.05) is 35.5 Å². The van der Waals surface area contributed by atoms with Crippen molar-refractivity contribution in [3.63, 3.8) is 0 Å². The molecule has 11 heteroatoms. The Bertz CT molecular complexity index is 733. The number of carbonyl (C=O) groups excluding carboxylic acids is 3. The summed E-state index contributed by atoms with van der Waals surface area (Å²) < 4.78 is 1.41. The second-order valence-corrected chi connectivity index (χ2v) is 5.05. The smallest absolute Gasteiger partial charge is 0.242 e. The Kier molecular flexibility index (Phi) is 12.2. The number of benzene rings is 1. The maximum Gasteiger partial charge on any atom is 0.242 e. The van der Waals surface area contributed by atoms with E-state index in [-0.39, 0.29) is 13.0 Å². The van der Waals surface area contributed by atoms with Crippen molar-refractivity contribution in [2.45, 2.75) is 19.0 Å². The van der Waals surface area contributed by atoms with Gasteiger partial charge in [0.15, 0.2) is 0 Å². The number of carbonyl (C=O) groups is 3. The summed E-state index contributed by atoms with van der Waals surface area (Å²) in [5.41, 5.74) is 15.6. The first kappa shape index (κ1) is 24.7. The zero-order valence-electron chi connectivity index (χ0n) is 16.3. The minimum absolute atomic E-state index is 0.142. The van der Waals surface area contributed by atoms with Gasteiger partial charge in [0.05, 0.1) is 18.3 Å². The molecule has 3 amide bonds. The lowest BCUT2D eigenvalue weighted by atomic mass is 10.1. The van der Waals surface area contributed by atoms with Gasteiger partial charge in [0.1, 0.15) is 12.6 Å². The molecule has 0 saturated carbocycles. The highest BCUT2D eigenvalue weighted by Crippen LogP contribution is 2.16. The number of aromatic nitrogens is 3. The summed E-state index contributed by atoms with van der Waals surface area (Å²) in [6.07, 6.45) is 1.26. The van der Waals surface area contributed by atoms with Crippen LogP contribution >= 0.6 is 0 Å². The number of nitrogens with zero attached hydrogens (tertiary/aromatic N) is 3. The van der Waals surface area contributed by atoms with Gasteiger partial charge in [-0.3, -0.25) is 14.4 Å². The zero-order chi connectivity index (χ0) is 21.5. The van der Waals surface area contributed by atoms with Crippen LogP contribution in [0.2, 0.25) is 0 Å². The minimum atomic E-state index is -1.02. The number of nitrogens with two attached hydrogens (primary N) is 3. The number of hydrogen-bond donors (Lipinski definition) is 5. The van der Waals surface area contributed by atoms with Gasteiger partial charge < -0.3 is 27.8 Å². The number of likely N-dealkylation sites (N-methyl/N-ethyl adjacent to an activating group) is 1. The molecule has 1 atom stereocenters. The third-order valence-corrected chi connectivity index (χ3v) is 3.28. The molecule has 0 bridgehead atoms. The quantitative estimate of drug-likeness (QED) is 0.368. The summed E-state index contributed by atoms with van der Waals surface area (Å²) in [6.45, 7) is -0.142. The molecule has 8 N–H and O–H groups in total. The molecule has 0 unspecified atom stereocenters. The van der Waals surface area contributed by atoms with Gasteiger partial charge in [-0.15, -0.1) is 5.10 Å². The monoisotopic (exact) mass is 392 g/mol. The molecule has 0 fully saturated rings. The van der Waals surface area contributed by atoms with Crippen LogP contribution in [0.3, 0.4) is 0 Å². The Morgan fingerprint density at radius 1 is 1.11 bits per heavy atom. The molecule has 1 aromatic carbocycles. The Labute approximate surface area is 163 Å². The Balaban J connectivity index is 0.00000171. The van der Waals surface area contributed by atoms with Crippen molar-refractivity contribution in [1.29, 1.82) is 0 Å². The average Bonchev–Trinajstić information content (AvgIpc) is 3.18. The highest BCUT2D eigenvalue weighted by molar-refractivity contribution is 5.91. The highest BCUT2D eigenvalue weighted by Gasteiger charge is 2.22. The molecule has 0 spiro atoms. The van der Waals surface area contributed by atoms with Crippen LogP contribution in [0.4, 0.5) is 0 Å². The number of amides is 3. The van der Waals surface area contributed by atoms with Gasteiger partial charge in [-0.05, 0) is 14.1 Å². The van der Waals surface area contributed by atoms with Gasteiger partial charge in [0.25, 0.3) is 0 Å². The van der Waals surface area contributed by atoms with E-state index in [4.69, 9.17) is 5.73 Å². The molecule has 0 radical (unpaired) electrons. The van der Waals surface area contributed by atoms with Crippen LogP contribution < -0.4 is 27.8 Å². The second-order valence-electron chi connectivity index (χ2n) is 5.05. The fraction of sp³-hybridized carbons (Fsp3) is 0.353. The molecule has 0 aliphatic rings. The number of hydrogen-bond acceptors (Lipinski definition) is 7. The molecular formula is C17H28N8O3. The molecule has 11 nitrogen and oxygen atoms in total. The van der Waals surface area contributed by atoms with E-state index in [1.54, 1.807) is 6.20 Å². The predicted molar refractivity (Wildman–Crippen MR) is 105 cm³/mol. The van der Waals surface area contributed by atoms with Crippen LogP contribution in [0.15, 0.2) is 36.5 Å². The van der Waals surface area contributed by atoms with Crippen LogP contribution in [0.1, 0.15) is 6.42 Å². The minimum Gasteiger partial charge on any atom is -0.370 e. The first-order valence-corrected chi connectivity index (χ1v) is 8.40. The van der Waals surface area contributed by atoms with E-state index in [2.05, 4.69) is 32.4 Å². The molecule has 1 aromatic heterocycles. The van der Waals surface area contributed by atoms with E-state index in [9.17, 15) is 14.4 Å². The Hall–Kier alpha value is -3.31. The molecule has 154 valence electrons. The number of rotatable bonds is 7. The van der Waals surface area contributed by atoms with Gasteiger partial charge in [0, 0.05) is 12.6 Å². The fourth-order valence-electron chi connectivity index (χ4n) is 2.17. The molecule has 1 heterocycles. The maximum absolute atomic E-state index is 12.2. The van der Waals surface area contributed by atoms with E-state index < -0.39 is 23.8 Å². The van der Waals surface area contributed by atoms with Crippen LogP contribution in [0.5, 0.6) is 0 Å². The third-order valence-electron chi connectivity index (χ3n) is 3.28. The molecule has 0 aliphatic carbocycles. The molecule has 2 aromatic rings. The molecule has 0 aliphatic heterocycles. The summed E-state index contributed by atoms with van der Waals surface area (Å²) in [4.78, 5) is 34.9. The van der Waals surface area contributed by atoms with E-state index in [1.807, 2.05) is 30.3 Å². The van der Waals surface area contributed by atoms with Crippen molar-refractivity contribution in [3.8, 4) is 11.3 Å². The lowest BCUT2D eigenvalue weighted by molar-refractivity contribution is -0.131.